The van der Waals surface area contributed by atoms with E-state index in [0.717, 1.165) is 44.2 Å². The Balaban J connectivity index is 1.83. The van der Waals surface area contributed by atoms with E-state index in [-0.39, 0.29) is 11.5 Å². The summed E-state index contributed by atoms with van der Waals surface area (Å²) in [6.45, 7) is 3.75. The van der Waals surface area contributed by atoms with Crippen LogP contribution >= 0.6 is 0 Å². The van der Waals surface area contributed by atoms with Crippen LogP contribution in [0, 0.1) is 0 Å². The van der Waals surface area contributed by atoms with Gasteiger partial charge in [0.1, 0.15) is 0 Å². The highest BCUT2D eigenvalue weighted by Gasteiger charge is 2.40. The topological polar surface area (TPSA) is 71.4 Å². The van der Waals surface area contributed by atoms with Crippen LogP contribution in [0.5, 0.6) is 0 Å². The molecule has 21 heavy (non-hydrogen) atoms. The highest BCUT2D eigenvalue weighted by Crippen LogP contribution is 2.39. The van der Waals surface area contributed by atoms with Crippen molar-refractivity contribution in [1.29, 1.82) is 0 Å². The van der Waals surface area contributed by atoms with Gasteiger partial charge in [0.15, 0.2) is 5.82 Å². The van der Waals surface area contributed by atoms with Crippen molar-refractivity contribution in [2.75, 3.05) is 40.3 Å². The fraction of sp³-hybridized carbons (Fsp3) is 0.867. The van der Waals surface area contributed by atoms with Crippen molar-refractivity contribution in [1.82, 2.24) is 19.9 Å². The van der Waals surface area contributed by atoms with E-state index in [2.05, 4.69) is 29.1 Å². The van der Waals surface area contributed by atoms with Gasteiger partial charge in [-0.25, -0.2) is 0 Å². The molecule has 1 aliphatic carbocycles. The fourth-order valence-electron chi connectivity index (χ4n) is 3.69. The quantitative estimate of drug-likeness (QED) is 0.901. The van der Waals surface area contributed by atoms with Gasteiger partial charge in [0.2, 0.25) is 5.89 Å². The van der Waals surface area contributed by atoms with Gasteiger partial charge in [-0.1, -0.05) is 18.0 Å². The Morgan fingerprint density at radius 2 is 2.00 bits per heavy atom. The highest BCUT2D eigenvalue weighted by atomic mass is 16.5. The molecule has 2 fully saturated rings. The maximum absolute atomic E-state index is 6.02. The third-order valence-electron chi connectivity index (χ3n) is 5.21. The molecule has 1 aromatic rings. The molecule has 2 aliphatic rings. The molecule has 2 heterocycles. The van der Waals surface area contributed by atoms with E-state index in [9.17, 15) is 0 Å². The summed E-state index contributed by atoms with van der Waals surface area (Å²) in [4.78, 5) is 9.44. The van der Waals surface area contributed by atoms with Gasteiger partial charge < -0.3 is 15.2 Å². The first-order valence-corrected chi connectivity index (χ1v) is 8.07. The van der Waals surface area contributed by atoms with Gasteiger partial charge in [0.05, 0.1) is 11.5 Å². The van der Waals surface area contributed by atoms with E-state index < -0.39 is 0 Å². The van der Waals surface area contributed by atoms with Gasteiger partial charge in [-0.15, -0.1) is 0 Å². The number of hydrogen-bond acceptors (Lipinski definition) is 6. The minimum atomic E-state index is -0.0690. The third kappa shape index (κ3) is 2.84. The lowest BCUT2D eigenvalue weighted by Gasteiger charge is -2.24. The summed E-state index contributed by atoms with van der Waals surface area (Å²) in [6, 6.07) is 0.214. The summed E-state index contributed by atoms with van der Waals surface area (Å²) in [5.74, 6) is 1.58. The number of rotatable bonds is 3. The maximum atomic E-state index is 6.02. The van der Waals surface area contributed by atoms with Crippen LogP contribution in [-0.4, -0.2) is 60.2 Å². The number of hydrogen-bond donors (Lipinski definition) is 1. The van der Waals surface area contributed by atoms with Crippen LogP contribution in [-0.2, 0) is 5.41 Å². The minimum absolute atomic E-state index is 0.0690. The molecule has 3 rings (SSSR count). The monoisotopic (exact) mass is 293 g/mol. The zero-order valence-corrected chi connectivity index (χ0v) is 13.2. The molecule has 0 aromatic carbocycles. The summed E-state index contributed by atoms with van der Waals surface area (Å²) in [7, 11) is 4.31. The maximum Gasteiger partial charge on any atom is 0.234 e. The predicted octanol–water partition coefficient (Wildman–Crippen LogP) is 1.15. The van der Waals surface area contributed by atoms with Gasteiger partial charge in [0, 0.05) is 13.1 Å². The van der Waals surface area contributed by atoms with E-state index in [1.54, 1.807) is 0 Å². The first kappa shape index (κ1) is 14.9. The summed E-state index contributed by atoms with van der Waals surface area (Å²) in [5.41, 5.74) is 5.95. The average Bonchev–Trinajstić information content (AvgIpc) is 3.11. The molecule has 0 bridgehead atoms. The van der Waals surface area contributed by atoms with Crippen LogP contribution in [0.25, 0.3) is 0 Å². The van der Waals surface area contributed by atoms with Crippen LogP contribution in [0.3, 0.4) is 0 Å². The van der Waals surface area contributed by atoms with Gasteiger partial charge >= 0.3 is 0 Å². The lowest BCUT2D eigenvalue weighted by atomic mass is 9.86. The standard InChI is InChI=1S/C15H27N5O/c1-19-8-5-9-20(2)12(10-19)13-17-14(21-18-13)15(11-16)6-3-4-7-15/h12H,3-11,16H2,1-2H3. The lowest BCUT2D eigenvalue weighted by molar-refractivity contribution is 0.213. The molecule has 1 saturated heterocycles. The van der Waals surface area contributed by atoms with Gasteiger partial charge in [0.25, 0.3) is 0 Å². The molecule has 1 aromatic heterocycles. The largest absolute Gasteiger partial charge is 0.339 e. The van der Waals surface area contributed by atoms with Crippen molar-refractivity contribution in [3.63, 3.8) is 0 Å². The molecule has 1 unspecified atom stereocenters. The smallest absolute Gasteiger partial charge is 0.234 e. The second kappa shape index (κ2) is 6.02. The van der Waals surface area contributed by atoms with Crippen molar-refractivity contribution < 1.29 is 4.52 Å². The van der Waals surface area contributed by atoms with Gasteiger partial charge in [-0.3, -0.25) is 4.90 Å². The summed E-state index contributed by atoms with van der Waals surface area (Å²) < 4.78 is 5.63. The lowest BCUT2D eigenvalue weighted by Crippen LogP contribution is -2.33. The molecule has 1 aliphatic heterocycles. The molecule has 118 valence electrons. The van der Waals surface area contributed by atoms with Crippen LogP contribution in [0.15, 0.2) is 4.52 Å². The minimum Gasteiger partial charge on any atom is -0.339 e. The molecular formula is C15H27N5O. The summed E-state index contributed by atoms with van der Waals surface area (Å²) in [5, 5.41) is 4.29. The zero-order valence-electron chi connectivity index (χ0n) is 13.2. The second-order valence-electron chi connectivity index (χ2n) is 6.76. The van der Waals surface area contributed by atoms with Crippen molar-refractivity contribution in [2.45, 2.75) is 43.6 Å². The number of nitrogens with zero attached hydrogens (tertiary/aromatic N) is 4. The fourth-order valence-corrected chi connectivity index (χ4v) is 3.69. The van der Waals surface area contributed by atoms with E-state index in [0.29, 0.717) is 6.54 Å². The molecule has 1 saturated carbocycles. The number of likely N-dealkylation sites (N-methyl/N-ethyl adjacent to an activating group) is 2. The van der Waals surface area contributed by atoms with Crippen LogP contribution < -0.4 is 5.73 Å². The average molecular weight is 293 g/mol. The predicted molar refractivity (Wildman–Crippen MR) is 81.0 cm³/mol. The third-order valence-corrected chi connectivity index (χ3v) is 5.21. The Hall–Kier alpha value is -0.980. The number of nitrogens with two attached hydrogens (primary N) is 1. The van der Waals surface area contributed by atoms with Gasteiger partial charge in [-0.2, -0.15) is 4.98 Å². The van der Waals surface area contributed by atoms with E-state index in [1.807, 2.05) is 0 Å². The van der Waals surface area contributed by atoms with Crippen LogP contribution in [0.1, 0.15) is 49.9 Å². The molecule has 6 heteroatoms. The van der Waals surface area contributed by atoms with Crippen molar-refractivity contribution in [3.05, 3.63) is 11.7 Å². The summed E-state index contributed by atoms with van der Waals surface area (Å²) in [6.07, 6.45) is 5.75. The molecule has 2 N–H and O–H groups in total. The molecule has 0 radical (unpaired) electrons. The summed E-state index contributed by atoms with van der Waals surface area (Å²) >= 11 is 0. The van der Waals surface area contributed by atoms with E-state index in [4.69, 9.17) is 15.2 Å². The van der Waals surface area contributed by atoms with Crippen LogP contribution in [0.4, 0.5) is 0 Å². The van der Waals surface area contributed by atoms with Crippen molar-refractivity contribution in [2.24, 2.45) is 5.73 Å². The normalized spacial score (nSPS) is 27.9. The van der Waals surface area contributed by atoms with Gasteiger partial charge in [-0.05, 0) is 46.4 Å². The Labute approximate surface area is 126 Å². The molecular weight excluding hydrogens is 266 g/mol. The highest BCUT2D eigenvalue weighted by molar-refractivity contribution is 5.10. The second-order valence-corrected chi connectivity index (χ2v) is 6.76. The van der Waals surface area contributed by atoms with Crippen LogP contribution in [0.2, 0.25) is 0 Å². The Bertz CT molecular complexity index is 468. The SMILES string of the molecule is CN1CCCN(C)C(c2noc(C3(CN)CCCC3)n2)C1. The molecule has 0 spiro atoms. The molecule has 0 amide bonds. The molecule has 1 atom stereocenters. The van der Waals surface area contributed by atoms with E-state index >= 15 is 0 Å². The Morgan fingerprint density at radius 3 is 2.71 bits per heavy atom. The first-order chi connectivity index (χ1) is 10.1. The molecule has 6 nitrogen and oxygen atoms in total. The van der Waals surface area contributed by atoms with Crippen molar-refractivity contribution in [3.8, 4) is 0 Å². The van der Waals surface area contributed by atoms with Crippen molar-refractivity contribution >= 4 is 0 Å². The number of aromatic nitrogens is 2. The Morgan fingerprint density at radius 1 is 1.24 bits per heavy atom. The van der Waals surface area contributed by atoms with E-state index in [1.165, 1.54) is 19.3 Å². The first-order valence-electron chi connectivity index (χ1n) is 8.07. The zero-order chi connectivity index (χ0) is 14.9. The Kier molecular flexibility index (Phi) is 4.28.